The molecule has 0 bridgehead atoms. The van der Waals surface area contributed by atoms with Crippen molar-refractivity contribution in [2.45, 2.75) is 31.2 Å². The van der Waals surface area contributed by atoms with E-state index in [2.05, 4.69) is 4.99 Å². The van der Waals surface area contributed by atoms with Crippen molar-refractivity contribution in [2.24, 2.45) is 4.99 Å². The molecule has 1 aliphatic rings. The monoisotopic (exact) mass is 221 g/mol. The van der Waals surface area contributed by atoms with Crippen molar-refractivity contribution in [1.82, 2.24) is 0 Å². The number of hydrogen-bond donors (Lipinski definition) is 1. The first-order valence-corrected chi connectivity index (χ1v) is 5.26. The van der Waals surface area contributed by atoms with Gasteiger partial charge in [0.05, 0.1) is 0 Å². The Morgan fingerprint density at radius 1 is 1.38 bits per heavy atom. The number of nitrogens with zero attached hydrogens (tertiary/aromatic N) is 1. The van der Waals surface area contributed by atoms with E-state index in [1.807, 2.05) is 0 Å². The van der Waals surface area contributed by atoms with Crippen LogP contribution in [-0.4, -0.2) is 11.2 Å². The smallest absolute Gasteiger partial charge is 0.235 e. The lowest BCUT2D eigenvalue weighted by Gasteiger charge is -2.23. The summed E-state index contributed by atoms with van der Waals surface area (Å²) in [7, 11) is 0. The first-order chi connectivity index (χ1) is 7.68. The molecule has 1 N–H and O–H groups in total. The fraction of sp³-hybridized carbons (Fsp3) is 0.417. The molecule has 2 rings (SSSR count). The van der Waals surface area contributed by atoms with Gasteiger partial charge in [0, 0.05) is 5.56 Å². The van der Waals surface area contributed by atoms with Gasteiger partial charge in [0.2, 0.25) is 6.08 Å². The molecule has 0 unspecified atom stereocenters. The van der Waals surface area contributed by atoms with Crippen LogP contribution in [0, 0.1) is 5.82 Å². The molecule has 0 heterocycles. The van der Waals surface area contributed by atoms with E-state index in [0.29, 0.717) is 18.4 Å². The van der Waals surface area contributed by atoms with Gasteiger partial charge in [-0.05, 0) is 31.0 Å². The number of phenolic OH excluding ortho intramolecular Hbond substituents is 1. The SMILES string of the molecule is O=C=NC1(c2cc(O)ccc2F)CCCC1. The van der Waals surface area contributed by atoms with E-state index in [1.165, 1.54) is 24.3 Å². The lowest BCUT2D eigenvalue weighted by atomic mass is 9.88. The van der Waals surface area contributed by atoms with Crippen molar-refractivity contribution < 1.29 is 14.3 Å². The minimum atomic E-state index is -0.815. The summed E-state index contributed by atoms with van der Waals surface area (Å²) >= 11 is 0. The third-order valence-electron chi connectivity index (χ3n) is 3.14. The van der Waals surface area contributed by atoms with Crippen LogP contribution in [0.3, 0.4) is 0 Å². The number of phenols is 1. The second kappa shape index (κ2) is 4.06. The molecule has 1 aromatic rings. The van der Waals surface area contributed by atoms with Gasteiger partial charge in [-0.3, -0.25) is 0 Å². The van der Waals surface area contributed by atoms with Crippen LogP contribution in [0.5, 0.6) is 5.75 Å². The maximum atomic E-state index is 13.7. The molecule has 0 radical (unpaired) electrons. The van der Waals surface area contributed by atoms with Crippen molar-refractivity contribution in [3.8, 4) is 5.75 Å². The number of rotatable bonds is 2. The maximum Gasteiger partial charge on any atom is 0.235 e. The fourth-order valence-electron chi connectivity index (χ4n) is 2.36. The molecule has 1 fully saturated rings. The number of benzene rings is 1. The molecular weight excluding hydrogens is 209 g/mol. The Bertz CT molecular complexity index is 446. The van der Waals surface area contributed by atoms with Gasteiger partial charge in [-0.25, -0.2) is 9.18 Å². The number of isocyanates is 1. The van der Waals surface area contributed by atoms with Crippen LogP contribution in [-0.2, 0) is 10.3 Å². The average Bonchev–Trinajstić information content (AvgIpc) is 2.72. The second-order valence-electron chi connectivity index (χ2n) is 4.11. The van der Waals surface area contributed by atoms with Crippen molar-refractivity contribution >= 4 is 6.08 Å². The van der Waals surface area contributed by atoms with Crippen LogP contribution in [0.25, 0.3) is 0 Å². The zero-order valence-electron chi connectivity index (χ0n) is 8.74. The molecule has 0 amide bonds. The molecule has 3 nitrogen and oxygen atoms in total. The molecule has 4 heteroatoms. The van der Waals surface area contributed by atoms with E-state index in [1.54, 1.807) is 0 Å². The molecule has 16 heavy (non-hydrogen) atoms. The van der Waals surface area contributed by atoms with E-state index < -0.39 is 11.4 Å². The molecular formula is C12H12FNO2. The van der Waals surface area contributed by atoms with Gasteiger partial charge in [0.1, 0.15) is 17.1 Å². The first kappa shape index (κ1) is 10.8. The normalized spacial score (nSPS) is 18.1. The Morgan fingerprint density at radius 3 is 2.69 bits per heavy atom. The summed E-state index contributed by atoms with van der Waals surface area (Å²) in [5.41, 5.74) is -0.516. The average molecular weight is 221 g/mol. The summed E-state index contributed by atoms with van der Waals surface area (Å²) in [5, 5.41) is 9.37. The van der Waals surface area contributed by atoms with Gasteiger partial charge >= 0.3 is 0 Å². The van der Waals surface area contributed by atoms with Crippen molar-refractivity contribution in [2.75, 3.05) is 0 Å². The Hall–Kier alpha value is -1.67. The molecule has 1 saturated carbocycles. The summed E-state index contributed by atoms with van der Waals surface area (Å²) in [5.74, 6) is -0.442. The van der Waals surface area contributed by atoms with Crippen LogP contribution in [0.1, 0.15) is 31.2 Å². The Morgan fingerprint density at radius 2 is 2.06 bits per heavy atom. The van der Waals surface area contributed by atoms with E-state index in [4.69, 9.17) is 0 Å². The number of hydrogen-bond acceptors (Lipinski definition) is 3. The lowest BCUT2D eigenvalue weighted by Crippen LogP contribution is -2.20. The Kier molecular flexibility index (Phi) is 2.75. The summed E-state index contributed by atoms with van der Waals surface area (Å²) < 4.78 is 13.7. The van der Waals surface area contributed by atoms with Gasteiger partial charge in [-0.1, -0.05) is 12.8 Å². The number of aliphatic imine (C=N–C) groups is 1. The van der Waals surface area contributed by atoms with Crippen LogP contribution in [0.4, 0.5) is 4.39 Å². The van der Waals surface area contributed by atoms with E-state index >= 15 is 0 Å². The van der Waals surface area contributed by atoms with E-state index in [-0.39, 0.29) is 5.75 Å². The van der Waals surface area contributed by atoms with Crippen molar-refractivity contribution in [1.29, 1.82) is 0 Å². The zero-order chi connectivity index (χ0) is 11.6. The van der Waals surface area contributed by atoms with Gasteiger partial charge in [0.15, 0.2) is 0 Å². The number of aromatic hydroxyl groups is 1. The Labute approximate surface area is 92.6 Å². The highest BCUT2D eigenvalue weighted by Gasteiger charge is 2.38. The highest BCUT2D eigenvalue weighted by atomic mass is 19.1. The minimum Gasteiger partial charge on any atom is -0.508 e. The summed E-state index contributed by atoms with van der Waals surface area (Å²) in [6.07, 6.45) is 4.58. The third-order valence-corrected chi connectivity index (χ3v) is 3.14. The van der Waals surface area contributed by atoms with Gasteiger partial charge in [0.25, 0.3) is 0 Å². The molecule has 0 aliphatic heterocycles. The molecule has 1 aliphatic carbocycles. The third kappa shape index (κ3) is 1.72. The van der Waals surface area contributed by atoms with E-state index in [0.717, 1.165) is 12.8 Å². The summed E-state index contributed by atoms with van der Waals surface area (Å²) in [6.45, 7) is 0. The number of carbonyl (C=O) groups excluding carboxylic acids is 1. The predicted octanol–water partition coefficient (Wildman–Crippen LogP) is 2.64. The molecule has 1 aromatic carbocycles. The Balaban J connectivity index is 2.54. The standard InChI is InChI=1S/C12H12FNO2/c13-11-4-3-9(16)7-10(11)12(14-8-15)5-1-2-6-12/h3-4,7,16H,1-2,5-6H2. The highest BCUT2D eigenvalue weighted by Crippen LogP contribution is 2.43. The molecule has 0 spiro atoms. The number of halogens is 1. The van der Waals surface area contributed by atoms with Crippen molar-refractivity contribution in [3.05, 3.63) is 29.6 Å². The zero-order valence-corrected chi connectivity index (χ0v) is 8.74. The molecule has 84 valence electrons. The van der Waals surface area contributed by atoms with Crippen LogP contribution >= 0.6 is 0 Å². The largest absolute Gasteiger partial charge is 0.508 e. The highest BCUT2D eigenvalue weighted by molar-refractivity contribution is 5.41. The maximum absolute atomic E-state index is 13.7. The quantitative estimate of drug-likeness (QED) is 0.616. The van der Waals surface area contributed by atoms with Crippen LogP contribution < -0.4 is 0 Å². The second-order valence-corrected chi connectivity index (χ2v) is 4.11. The lowest BCUT2D eigenvalue weighted by molar-refractivity contribution is 0.420. The van der Waals surface area contributed by atoms with Gasteiger partial charge in [-0.15, -0.1) is 0 Å². The van der Waals surface area contributed by atoms with E-state index in [9.17, 15) is 14.3 Å². The topological polar surface area (TPSA) is 49.7 Å². The van der Waals surface area contributed by atoms with Gasteiger partial charge in [-0.2, -0.15) is 4.99 Å². The van der Waals surface area contributed by atoms with Gasteiger partial charge < -0.3 is 5.11 Å². The molecule has 0 atom stereocenters. The minimum absolute atomic E-state index is 0.0104. The van der Waals surface area contributed by atoms with Crippen LogP contribution in [0.15, 0.2) is 23.2 Å². The van der Waals surface area contributed by atoms with Crippen LogP contribution in [0.2, 0.25) is 0 Å². The first-order valence-electron chi connectivity index (χ1n) is 5.26. The predicted molar refractivity (Wildman–Crippen MR) is 56.3 cm³/mol. The summed E-state index contributed by atoms with van der Waals surface area (Å²) in [6, 6.07) is 3.83. The molecule has 0 aromatic heterocycles. The van der Waals surface area contributed by atoms with Crippen molar-refractivity contribution in [3.63, 3.8) is 0 Å². The molecule has 0 saturated heterocycles. The fourth-order valence-corrected chi connectivity index (χ4v) is 2.36. The summed E-state index contributed by atoms with van der Waals surface area (Å²) in [4.78, 5) is 14.2.